The minimum atomic E-state index is 0. The lowest BCUT2D eigenvalue weighted by atomic mass is 10.1. The Kier molecular flexibility index (Phi) is 10.3. The molecule has 0 aliphatic heterocycles. The molecule has 0 aliphatic carbocycles. The molecule has 1 heterocycles. The molecule has 160 valence electrons. The van der Waals surface area contributed by atoms with Gasteiger partial charge in [-0.3, -0.25) is 10.1 Å². The summed E-state index contributed by atoms with van der Waals surface area (Å²) < 4.78 is 5.81. The van der Waals surface area contributed by atoms with Gasteiger partial charge < -0.3 is 15.4 Å². The molecule has 1 aromatic heterocycles. The van der Waals surface area contributed by atoms with Crippen molar-refractivity contribution in [3.05, 3.63) is 72.1 Å². The van der Waals surface area contributed by atoms with Crippen molar-refractivity contribution >= 4 is 29.9 Å². The average molecular weight is 520 g/mol. The Balaban J connectivity index is 0.00000320. The second-order valence-corrected chi connectivity index (χ2v) is 6.95. The maximum absolute atomic E-state index is 5.81. The molecule has 30 heavy (non-hydrogen) atoms. The minimum absolute atomic E-state index is 0. The van der Waals surface area contributed by atoms with E-state index in [0.29, 0.717) is 25.7 Å². The second kappa shape index (κ2) is 13.0. The first-order chi connectivity index (χ1) is 14.2. The lowest BCUT2D eigenvalue weighted by Crippen LogP contribution is -2.39. The SMILES string of the molecule is CN=C(NCc1cccc(-c2ncn[nH]2)c1)NCC(C)COCc1ccccc1.I. The lowest BCUT2D eigenvalue weighted by molar-refractivity contribution is 0.0931. The van der Waals surface area contributed by atoms with E-state index in [-0.39, 0.29) is 24.0 Å². The summed E-state index contributed by atoms with van der Waals surface area (Å²) in [5.41, 5.74) is 3.34. The third-order valence-corrected chi connectivity index (χ3v) is 4.43. The zero-order valence-electron chi connectivity index (χ0n) is 17.3. The van der Waals surface area contributed by atoms with Gasteiger partial charge in [0.2, 0.25) is 0 Å². The normalized spacial score (nSPS) is 12.1. The van der Waals surface area contributed by atoms with Gasteiger partial charge >= 0.3 is 0 Å². The zero-order valence-corrected chi connectivity index (χ0v) is 19.7. The van der Waals surface area contributed by atoms with Gasteiger partial charge in [-0.05, 0) is 23.1 Å². The first-order valence-electron chi connectivity index (χ1n) is 9.75. The summed E-state index contributed by atoms with van der Waals surface area (Å²) in [6.07, 6.45) is 1.51. The van der Waals surface area contributed by atoms with Crippen molar-refractivity contribution in [2.75, 3.05) is 20.2 Å². The number of aliphatic imine (C=N–C) groups is 1. The van der Waals surface area contributed by atoms with Crippen molar-refractivity contribution in [3.63, 3.8) is 0 Å². The molecule has 0 aliphatic rings. The molecule has 0 radical (unpaired) electrons. The highest BCUT2D eigenvalue weighted by Gasteiger charge is 2.06. The Morgan fingerprint density at radius 2 is 1.90 bits per heavy atom. The van der Waals surface area contributed by atoms with Crippen molar-refractivity contribution in [2.24, 2.45) is 10.9 Å². The number of H-pyrrole nitrogens is 1. The van der Waals surface area contributed by atoms with Crippen molar-refractivity contribution in [1.82, 2.24) is 25.8 Å². The number of aromatic amines is 1. The number of hydrogen-bond acceptors (Lipinski definition) is 4. The molecule has 1 atom stereocenters. The van der Waals surface area contributed by atoms with Crippen LogP contribution in [0.4, 0.5) is 0 Å². The highest BCUT2D eigenvalue weighted by molar-refractivity contribution is 14.0. The molecule has 3 N–H and O–H groups in total. The highest BCUT2D eigenvalue weighted by atomic mass is 127. The van der Waals surface area contributed by atoms with E-state index >= 15 is 0 Å². The van der Waals surface area contributed by atoms with Crippen LogP contribution in [0.1, 0.15) is 18.1 Å². The summed E-state index contributed by atoms with van der Waals surface area (Å²) in [6, 6.07) is 18.4. The van der Waals surface area contributed by atoms with Gasteiger partial charge in [0.15, 0.2) is 11.8 Å². The van der Waals surface area contributed by atoms with Crippen molar-refractivity contribution in [1.29, 1.82) is 0 Å². The van der Waals surface area contributed by atoms with E-state index < -0.39 is 0 Å². The molecule has 1 unspecified atom stereocenters. The number of benzene rings is 2. The fourth-order valence-corrected chi connectivity index (χ4v) is 2.86. The molecule has 0 saturated heterocycles. The molecule has 0 bridgehead atoms. The van der Waals surface area contributed by atoms with Crippen LogP contribution in [0.2, 0.25) is 0 Å². The van der Waals surface area contributed by atoms with Gasteiger partial charge in [-0.25, -0.2) is 4.98 Å². The number of nitrogens with one attached hydrogen (secondary N) is 3. The van der Waals surface area contributed by atoms with Crippen LogP contribution < -0.4 is 10.6 Å². The topological polar surface area (TPSA) is 87.2 Å². The second-order valence-electron chi connectivity index (χ2n) is 6.95. The van der Waals surface area contributed by atoms with E-state index in [0.717, 1.165) is 29.5 Å². The molecule has 0 saturated carbocycles. The molecule has 0 spiro atoms. The molecule has 7 nitrogen and oxygen atoms in total. The van der Waals surface area contributed by atoms with Crippen LogP contribution in [0.25, 0.3) is 11.4 Å². The Hall–Kier alpha value is -2.46. The number of halogens is 1. The van der Waals surface area contributed by atoms with Gasteiger partial charge in [-0.2, -0.15) is 5.10 Å². The molecule has 8 heteroatoms. The number of nitrogens with zero attached hydrogens (tertiary/aromatic N) is 3. The van der Waals surface area contributed by atoms with Gasteiger partial charge in [-0.1, -0.05) is 55.5 Å². The van der Waals surface area contributed by atoms with Gasteiger partial charge in [0.1, 0.15) is 6.33 Å². The van der Waals surface area contributed by atoms with Crippen LogP contribution in [0.15, 0.2) is 65.9 Å². The summed E-state index contributed by atoms with van der Waals surface area (Å²) in [5, 5.41) is 13.5. The fraction of sp³-hybridized carbons (Fsp3) is 0.318. The Morgan fingerprint density at radius 3 is 2.63 bits per heavy atom. The molecule has 0 fully saturated rings. The third kappa shape index (κ3) is 7.75. The number of ether oxygens (including phenoxy) is 1. The Labute approximate surface area is 194 Å². The van der Waals surface area contributed by atoms with Gasteiger partial charge in [0.25, 0.3) is 0 Å². The van der Waals surface area contributed by atoms with Crippen LogP contribution in [-0.2, 0) is 17.9 Å². The van der Waals surface area contributed by atoms with Crippen molar-refractivity contribution in [3.8, 4) is 11.4 Å². The molecule has 3 rings (SSSR count). The predicted octanol–water partition coefficient (Wildman–Crippen LogP) is 3.61. The molecule has 0 amide bonds. The zero-order chi connectivity index (χ0) is 20.3. The smallest absolute Gasteiger partial charge is 0.191 e. The summed E-state index contributed by atoms with van der Waals surface area (Å²) in [4.78, 5) is 8.50. The number of aromatic nitrogens is 3. The van der Waals surface area contributed by atoms with Crippen LogP contribution >= 0.6 is 24.0 Å². The van der Waals surface area contributed by atoms with Gasteiger partial charge in [-0.15, -0.1) is 24.0 Å². The monoisotopic (exact) mass is 520 g/mol. The number of guanidine groups is 1. The molecular weight excluding hydrogens is 491 g/mol. The summed E-state index contributed by atoms with van der Waals surface area (Å²) in [6.45, 7) is 4.94. The standard InChI is InChI=1S/C22H28N6O.HI/c1-17(14-29-15-18-7-4-3-5-8-18)12-24-22(23-2)25-13-19-9-6-10-20(11-19)21-26-16-27-28-21;/h3-11,16-17H,12-15H2,1-2H3,(H2,23,24,25)(H,26,27,28);1H. The van der Waals surface area contributed by atoms with E-state index in [1.165, 1.54) is 11.9 Å². The van der Waals surface area contributed by atoms with E-state index in [1.54, 1.807) is 7.05 Å². The lowest BCUT2D eigenvalue weighted by Gasteiger charge is -2.16. The van der Waals surface area contributed by atoms with Crippen LogP contribution in [0.3, 0.4) is 0 Å². The maximum atomic E-state index is 5.81. The van der Waals surface area contributed by atoms with Crippen LogP contribution in [-0.4, -0.2) is 41.3 Å². The van der Waals surface area contributed by atoms with E-state index in [2.05, 4.69) is 62.0 Å². The Morgan fingerprint density at radius 1 is 1.10 bits per heavy atom. The summed E-state index contributed by atoms with van der Waals surface area (Å²) in [5.74, 6) is 1.90. The predicted molar refractivity (Wildman–Crippen MR) is 131 cm³/mol. The number of rotatable bonds is 9. The van der Waals surface area contributed by atoms with Gasteiger partial charge in [0.05, 0.1) is 13.2 Å². The molecular formula is C22H29IN6O. The number of hydrogen-bond donors (Lipinski definition) is 3. The fourth-order valence-electron chi connectivity index (χ4n) is 2.86. The third-order valence-electron chi connectivity index (χ3n) is 4.43. The molecule has 2 aromatic carbocycles. The average Bonchev–Trinajstić information content (AvgIpc) is 3.30. The first-order valence-corrected chi connectivity index (χ1v) is 9.75. The quantitative estimate of drug-likeness (QED) is 0.228. The summed E-state index contributed by atoms with van der Waals surface area (Å²) >= 11 is 0. The highest BCUT2D eigenvalue weighted by Crippen LogP contribution is 2.15. The van der Waals surface area contributed by atoms with Crippen LogP contribution in [0, 0.1) is 5.92 Å². The summed E-state index contributed by atoms with van der Waals surface area (Å²) in [7, 11) is 1.77. The van der Waals surface area contributed by atoms with Crippen LogP contribution in [0.5, 0.6) is 0 Å². The van der Waals surface area contributed by atoms with Crippen molar-refractivity contribution in [2.45, 2.75) is 20.1 Å². The minimum Gasteiger partial charge on any atom is -0.376 e. The van der Waals surface area contributed by atoms with E-state index in [4.69, 9.17) is 4.74 Å². The Bertz CT molecular complexity index is 886. The van der Waals surface area contributed by atoms with E-state index in [9.17, 15) is 0 Å². The maximum Gasteiger partial charge on any atom is 0.191 e. The van der Waals surface area contributed by atoms with Crippen molar-refractivity contribution < 1.29 is 4.74 Å². The van der Waals surface area contributed by atoms with Gasteiger partial charge in [0, 0.05) is 25.7 Å². The molecule has 3 aromatic rings. The first kappa shape index (κ1) is 23.8. The largest absolute Gasteiger partial charge is 0.376 e. The van der Waals surface area contributed by atoms with E-state index in [1.807, 2.05) is 30.3 Å².